The average molecular weight is 464 g/mol. The summed E-state index contributed by atoms with van der Waals surface area (Å²) in [5.41, 5.74) is 1.94. The lowest BCUT2D eigenvalue weighted by atomic mass is 9.90. The predicted molar refractivity (Wildman–Crippen MR) is 117 cm³/mol. The van der Waals surface area contributed by atoms with E-state index in [0.29, 0.717) is 5.02 Å². The van der Waals surface area contributed by atoms with Gasteiger partial charge >= 0.3 is 6.36 Å². The van der Waals surface area contributed by atoms with Gasteiger partial charge in [0.2, 0.25) is 0 Å². The molecule has 0 unspecified atom stereocenters. The van der Waals surface area contributed by atoms with E-state index in [1.54, 1.807) is 6.20 Å². The van der Waals surface area contributed by atoms with E-state index in [0.717, 1.165) is 54.4 Å². The Morgan fingerprint density at radius 1 is 1.03 bits per heavy atom. The molecule has 0 saturated heterocycles. The van der Waals surface area contributed by atoms with Crippen molar-refractivity contribution in [3.8, 4) is 5.75 Å². The number of carbonyl (C=O) groups is 1. The second-order valence-corrected chi connectivity index (χ2v) is 8.20. The zero-order valence-corrected chi connectivity index (χ0v) is 17.7. The molecule has 9 heteroatoms. The van der Waals surface area contributed by atoms with Crippen molar-refractivity contribution in [3.05, 3.63) is 65.3 Å². The van der Waals surface area contributed by atoms with Crippen LogP contribution in [-0.4, -0.2) is 29.3 Å². The monoisotopic (exact) mass is 463 g/mol. The number of halogens is 4. The smallest absolute Gasteiger partial charge is 0.406 e. The molecule has 1 saturated carbocycles. The number of aromatic nitrogens is 1. The fraction of sp³-hybridized carbons (Fsp3) is 0.304. The molecule has 1 aliphatic rings. The number of pyridine rings is 1. The van der Waals surface area contributed by atoms with Gasteiger partial charge in [-0.2, -0.15) is 0 Å². The first-order valence-electron chi connectivity index (χ1n) is 10.2. The molecule has 1 heterocycles. The van der Waals surface area contributed by atoms with Gasteiger partial charge in [0, 0.05) is 39.9 Å². The third kappa shape index (κ3) is 5.62. The summed E-state index contributed by atoms with van der Waals surface area (Å²) in [6.07, 6.45) is 0.156. The third-order valence-corrected chi connectivity index (χ3v) is 5.69. The number of amides is 1. The zero-order chi connectivity index (χ0) is 22.7. The molecule has 0 bridgehead atoms. The minimum atomic E-state index is -4.80. The van der Waals surface area contributed by atoms with Crippen LogP contribution in [0.2, 0.25) is 5.02 Å². The van der Waals surface area contributed by atoms with E-state index < -0.39 is 18.0 Å². The van der Waals surface area contributed by atoms with Gasteiger partial charge in [0.15, 0.2) is 0 Å². The lowest BCUT2D eigenvalue weighted by molar-refractivity contribution is -0.274. The molecule has 2 N–H and O–H groups in total. The quantitative estimate of drug-likeness (QED) is 0.491. The van der Waals surface area contributed by atoms with Crippen LogP contribution in [0.3, 0.4) is 0 Å². The van der Waals surface area contributed by atoms with E-state index in [-0.39, 0.29) is 17.6 Å². The van der Waals surface area contributed by atoms with Crippen molar-refractivity contribution in [3.63, 3.8) is 0 Å². The van der Waals surface area contributed by atoms with Crippen LogP contribution in [0.5, 0.6) is 5.75 Å². The SMILES string of the molecule is O=C(N[C@H]1CC[C@@H](Nc2ccnc3cc(Cl)ccc23)CC1)c1cccc(OC(F)(F)F)c1. The maximum absolute atomic E-state index is 12.5. The first-order valence-corrected chi connectivity index (χ1v) is 10.6. The molecule has 168 valence electrons. The van der Waals surface area contributed by atoms with Gasteiger partial charge < -0.3 is 15.4 Å². The average Bonchev–Trinajstić information content (AvgIpc) is 2.74. The number of hydrogen-bond donors (Lipinski definition) is 2. The molecule has 1 aromatic heterocycles. The van der Waals surface area contributed by atoms with E-state index in [9.17, 15) is 18.0 Å². The Labute approximate surface area is 187 Å². The third-order valence-electron chi connectivity index (χ3n) is 5.46. The largest absolute Gasteiger partial charge is 0.573 e. The molecule has 2 aromatic carbocycles. The fourth-order valence-electron chi connectivity index (χ4n) is 3.95. The van der Waals surface area contributed by atoms with Crippen LogP contribution in [0, 0.1) is 0 Å². The molecule has 5 nitrogen and oxygen atoms in total. The number of rotatable bonds is 5. The van der Waals surface area contributed by atoms with Crippen molar-refractivity contribution >= 4 is 34.1 Å². The molecule has 1 aliphatic carbocycles. The van der Waals surface area contributed by atoms with Gasteiger partial charge in [0.25, 0.3) is 5.91 Å². The highest BCUT2D eigenvalue weighted by atomic mass is 35.5. The molecule has 4 rings (SSSR count). The van der Waals surface area contributed by atoms with Gasteiger partial charge in [-0.25, -0.2) is 0 Å². The highest BCUT2D eigenvalue weighted by Gasteiger charge is 2.31. The Balaban J connectivity index is 1.33. The normalized spacial score (nSPS) is 18.9. The first kappa shape index (κ1) is 22.2. The number of ether oxygens (including phenoxy) is 1. The minimum Gasteiger partial charge on any atom is -0.406 e. The first-order chi connectivity index (χ1) is 15.3. The Morgan fingerprint density at radius 3 is 2.53 bits per heavy atom. The molecule has 0 atom stereocenters. The summed E-state index contributed by atoms with van der Waals surface area (Å²) in [7, 11) is 0. The molecule has 1 amide bonds. The van der Waals surface area contributed by atoms with Gasteiger partial charge in [-0.3, -0.25) is 9.78 Å². The predicted octanol–water partition coefficient (Wildman–Crippen LogP) is 5.94. The van der Waals surface area contributed by atoms with Crippen molar-refractivity contribution in [2.75, 3.05) is 5.32 Å². The van der Waals surface area contributed by atoms with Crippen LogP contribution in [0.1, 0.15) is 36.0 Å². The standard InChI is InChI=1S/C23H21ClF3N3O2/c24-15-4-9-19-20(10-11-28-21(19)13-15)29-16-5-7-17(8-6-16)30-22(31)14-2-1-3-18(12-14)32-23(25,26)27/h1-4,9-13,16-17H,5-8H2,(H,28,29)(H,30,31)/t16-,17+. The van der Waals surface area contributed by atoms with E-state index >= 15 is 0 Å². The molecular formula is C23H21ClF3N3O2. The number of alkyl halides is 3. The van der Waals surface area contributed by atoms with E-state index in [1.165, 1.54) is 12.1 Å². The van der Waals surface area contributed by atoms with Gasteiger partial charge in [0.1, 0.15) is 5.75 Å². The number of nitrogens with zero attached hydrogens (tertiary/aromatic N) is 1. The van der Waals surface area contributed by atoms with Crippen molar-refractivity contribution in [1.82, 2.24) is 10.3 Å². The summed E-state index contributed by atoms with van der Waals surface area (Å²) < 4.78 is 41.1. The second-order valence-electron chi connectivity index (χ2n) is 7.76. The number of carbonyl (C=O) groups excluding carboxylic acids is 1. The second kappa shape index (κ2) is 9.24. The van der Waals surface area contributed by atoms with Crippen LogP contribution >= 0.6 is 11.6 Å². The van der Waals surface area contributed by atoms with E-state index in [2.05, 4.69) is 20.4 Å². The lowest BCUT2D eigenvalue weighted by Gasteiger charge is -2.30. The van der Waals surface area contributed by atoms with Crippen LogP contribution in [0.15, 0.2) is 54.7 Å². The fourth-order valence-corrected chi connectivity index (χ4v) is 4.12. The Hall–Kier alpha value is -3.00. The number of nitrogens with one attached hydrogen (secondary N) is 2. The van der Waals surface area contributed by atoms with Crippen molar-refractivity contribution in [2.45, 2.75) is 44.1 Å². The number of benzene rings is 2. The lowest BCUT2D eigenvalue weighted by Crippen LogP contribution is -2.40. The van der Waals surface area contributed by atoms with Gasteiger partial charge in [-0.15, -0.1) is 13.2 Å². The highest BCUT2D eigenvalue weighted by molar-refractivity contribution is 6.31. The summed E-state index contributed by atoms with van der Waals surface area (Å²) in [6.45, 7) is 0. The summed E-state index contributed by atoms with van der Waals surface area (Å²) in [5.74, 6) is -0.824. The maximum Gasteiger partial charge on any atom is 0.573 e. The van der Waals surface area contributed by atoms with Crippen LogP contribution in [0.25, 0.3) is 10.9 Å². The summed E-state index contributed by atoms with van der Waals surface area (Å²) >= 11 is 6.05. The molecule has 3 aromatic rings. The summed E-state index contributed by atoms with van der Waals surface area (Å²) in [5, 5.41) is 8.10. The number of hydrogen-bond acceptors (Lipinski definition) is 4. The van der Waals surface area contributed by atoms with E-state index in [1.807, 2.05) is 24.3 Å². The zero-order valence-electron chi connectivity index (χ0n) is 17.0. The van der Waals surface area contributed by atoms with Gasteiger partial charge in [-0.1, -0.05) is 17.7 Å². The van der Waals surface area contributed by atoms with Crippen LogP contribution in [0.4, 0.5) is 18.9 Å². The molecular weight excluding hydrogens is 443 g/mol. The minimum absolute atomic E-state index is 0.0410. The maximum atomic E-state index is 12.5. The summed E-state index contributed by atoms with van der Waals surface area (Å²) in [4.78, 5) is 16.8. The van der Waals surface area contributed by atoms with Crippen molar-refractivity contribution in [2.24, 2.45) is 0 Å². The van der Waals surface area contributed by atoms with Crippen molar-refractivity contribution in [1.29, 1.82) is 0 Å². The number of fused-ring (bicyclic) bond motifs is 1. The van der Waals surface area contributed by atoms with Crippen molar-refractivity contribution < 1.29 is 22.7 Å². The Morgan fingerprint density at radius 2 is 1.78 bits per heavy atom. The summed E-state index contributed by atoms with van der Waals surface area (Å²) in [6, 6.07) is 12.8. The van der Waals surface area contributed by atoms with E-state index in [4.69, 9.17) is 11.6 Å². The van der Waals surface area contributed by atoms with Gasteiger partial charge in [0.05, 0.1) is 5.52 Å². The molecule has 0 aliphatic heterocycles. The number of anilines is 1. The molecule has 0 spiro atoms. The highest BCUT2D eigenvalue weighted by Crippen LogP contribution is 2.28. The van der Waals surface area contributed by atoms with Gasteiger partial charge in [-0.05, 0) is 68.1 Å². The van der Waals surface area contributed by atoms with Crippen LogP contribution in [-0.2, 0) is 0 Å². The molecule has 1 fully saturated rings. The Bertz CT molecular complexity index is 1120. The Kier molecular flexibility index (Phi) is 6.41. The molecule has 0 radical (unpaired) electrons. The molecule has 32 heavy (non-hydrogen) atoms. The van der Waals surface area contributed by atoms with Crippen LogP contribution < -0.4 is 15.4 Å². The topological polar surface area (TPSA) is 63.2 Å².